The van der Waals surface area contributed by atoms with E-state index in [0.717, 1.165) is 22.8 Å². The zero-order valence-electron chi connectivity index (χ0n) is 47.5. The smallest absolute Gasteiger partial charge is 0.488 e. The van der Waals surface area contributed by atoms with E-state index in [1.807, 2.05) is 84.2 Å². The average Bonchev–Trinajstić information content (AvgIpc) is 3.67. The van der Waals surface area contributed by atoms with Crippen molar-refractivity contribution >= 4 is 100 Å². The summed E-state index contributed by atoms with van der Waals surface area (Å²) in [5, 5.41) is 35.9. The molecule has 0 atom stereocenters. The Balaban J connectivity index is 0.000000167. The Labute approximate surface area is 511 Å². The first-order valence-corrected chi connectivity index (χ1v) is 27.1. The summed E-state index contributed by atoms with van der Waals surface area (Å²) in [5.41, 5.74) is 23.4. The van der Waals surface area contributed by atoms with Crippen molar-refractivity contribution in [2.45, 2.75) is 6.92 Å². The molecule has 0 aliphatic rings. The van der Waals surface area contributed by atoms with Gasteiger partial charge in [-0.1, -0.05) is 82.7 Å². The molecule has 0 saturated heterocycles. The highest BCUT2D eigenvalue weighted by atomic mass is 127. The minimum atomic E-state index is -1.38. The Kier molecular flexibility index (Phi) is 23.6. The van der Waals surface area contributed by atoms with Crippen LogP contribution in [0.2, 0.25) is 0 Å². The van der Waals surface area contributed by atoms with Crippen molar-refractivity contribution in [3.8, 4) is 33.4 Å². The van der Waals surface area contributed by atoms with Gasteiger partial charge in [-0.2, -0.15) is 0 Å². The molecule has 83 heavy (non-hydrogen) atoms. The highest BCUT2D eigenvalue weighted by Gasteiger charge is 2.09. The number of carboxylic acids is 1. The van der Waals surface area contributed by atoms with Crippen LogP contribution in [-0.2, 0) is 18.9 Å². The number of nitrogens with zero attached hydrogens (tertiary/aromatic N) is 6. The third-order valence-corrected chi connectivity index (χ3v) is 13.5. The maximum absolute atomic E-state index is 8.89. The molecule has 8 aromatic carbocycles. The van der Waals surface area contributed by atoms with Crippen LogP contribution in [0.4, 0.5) is 22.7 Å². The molecule has 0 amide bonds. The predicted octanol–water partition coefficient (Wildman–Crippen LogP) is 7.98. The number of aryl methyl sites for hydroxylation is 2. The molecule has 420 valence electrons. The van der Waals surface area contributed by atoms with Crippen molar-refractivity contribution in [2.24, 2.45) is 14.1 Å². The number of carbonyl (C=O) groups excluding carboxylic acids is 1. The van der Waals surface area contributed by atoms with Gasteiger partial charge in [-0.25, -0.2) is 9.13 Å². The normalized spacial score (nSPS) is 10.1. The van der Waals surface area contributed by atoms with Crippen LogP contribution < -0.4 is 64.9 Å². The molecule has 0 fully saturated rings. The van der Waals surface area contributed by atoms with Crippen molar-refractivity contribution in [3.63, 3.8) is 0 Å². The van der Waals surface area contributed by atoms with Crippen LogP contribution in [0.3, 0.4) is 0 Å². The second-order valence-corrected chi connectivity index (χ2v) is 20.7. The van der Waals surface area contributed by atoms with Crippen molar-refractivity contribution in [1.29, 1.82) is 0 Å². The number of nitrogen functional groups attached to an aromatic ring is 2. The zero-order valence-corrected chi connectivity index (χ0v) is 51.2. The van der Waals surface area contributed by atoms with Gasteiger partial charge in [-0.3, -0.25) is 9.97 Å². The highest BCUT2D eigenvalue weighted by molar-refractivity contribution is 9.10. The van der Waals surface area contributed by atoms with Gasteiger partial charge < -0.3 is 65.2 Å². The number of carbonyl (C=O) groups is 1. The lowest BCUT2D eigenvalue weighted by atomic mass is 9.81. The number of nitrogens with two attached hydrogens (primary N) is 2. The van der Waals surface area contributed by atoms with Crippen LogP contribution in [0.25, 0.3) is 76.5 Å². The van der Waals surface area contributed by atoms with Gasteiger partial charge in [0.2, 0.25) is 0 Å². The topological polar surface area (TPSA) is 173 Å². The number of carboxylic acid groups (broad SMARTS) is 1. The maximum Gasteiger partial charge on any atom is 0.488 e. The number of fused-ring (bicyclic) bond motifs is 4. The fourth-order valence-electron chi connectivity index (χ4n) is 8.53. The summed E-state index contributed by atoms with van der Waals surface area (Å²) in [6.45, 7) is 0.972. The third kappa shape index (κ3) is 19.2. The van der Waals surface area contributed by atoms with E-state index < -0.39 is 13.1 Å². The summed E-state index contributed by atoms with van der Waals surface area (Å²) >= 11 is 3.42. The minimum Gasteiger partial charge on any atom is -1.00 e. The number of pyridine rings is 4. The number of aromatic nitrogens is 4. The molecule has 12 nitrogen and oxygen atoms in total. The van der Waals surface area contributed by atoms with Crippen LogP contribution >= 0.6 is 15.9 Å². The van der Waals surface area contributed by atoms with Gasteiger partial charge in [0.1, 0.15) is 14.1 Å². The molecular weight excluding hydrogens is 1210 g/mol. The first kappa shape index (κ1) is 63.4. The standard InChI is InChI=1S/2C18H19N2.C15H12N2.C10H8BrN.C5H6BNO2.C2H4O2.HI/c2*1-19(2)18-7-6-16-12-15(4-5-17(16)13-18)14-8-10-20(3)11-9-14;16-15-4-3-13-9-12(1-2-14(13)10-15)11-5-7-17-8-6-11;11-9-3-1-8-6-10(12)4-2-7(8)5-9;8-6(9)5-1-3-7-4-2-5;1-2(3)4;/h2*4-13H,1-3H3;1-10H,16H2;1-6H,12H2;1-4,8-9H;1H3,(H,3,4);1H/q2*+1;;;;;/p-2. The molecule has 4 heterocycles. The van der Waals surface area contributed by atoms with E-state index in [9.17, 15) is 0 Å². The third-order valence-electron chi connectivity index (χ3n) is 13.0. The maximum atomic E-state index is 8.89. The molecule has 0 saturated carbocycles. The van der Waals surface area contributed by atoms with Gasteiger partial charge in [0.25, 0.3) is 0 Å². The molecule has 0 aliphatic heterocycles. The number of rotatable bonds is 6. The number of hydrogen-bond donors (Lipinski definition) is 4. The summed E-state index contributed by atoms with van der Waals surface area (Å²) in [4.78, 5) is 20.9. The molecule has 12 aromatic rings. The molecule has 6 N–H and O–H groups in total. The molecule has 0 unspecified atom stereocenters. The summed E-state index contributed by atoms with van der Waals surface area (Å²) in [7, 11) is 11.0. The summed E-state index contributed by atoms with van der Waals surface area (Å²) in [6.07, 6.45) is 14.9. The molecule has 0 aliphatic carbocycles. The number of hydrogen-bond acceptors (Lipinski definition) is 10. The van der Waals surface area contributed by atoms with Gasteiger partial charge in [-0.15, -0.1) is 0 Å². The molecule has 0 radical (unpaired) electrons. The van der Waals surface area contributed by atoms with Crippen LogP contribution in [0.1, 0.15) is 6.92 Å². The van der Waals surface area contributed by atoms with Gasteiger partial charge in [0, 0.05) is 110 Å². The number of benzene rings is 8. The molecule has 12 rings (SSSR count). The van der Waals surface area contributed by atoms with Crippen molar-refractivity contribution in [3.05, 3.63) is 248 Å². The number of halogens is 2. The van der Waals surface area contributed by atoms with Gasteiger partial charge >= 0.3 is 7.12 Å². The lowest BCUT2D eigenvalue weighted by Gasteiger charge is -2.13. The van der Waals surface area contributed by atoms with E-state index in [4.69, 9.17) is 31.4 Å². The highest BCUT2D eigenvalue weighted by Crippen LogP contribution is 2.29. The van der Waals surface area contributed by atoms with E-state index in [1.165, 1.54) is 100 Å². The Morgan fingerprint density at radius 1 is 0.446 bits per heavy atom. The Bertz CT molecular complexity index is 3850. The number of aliphatic carboxylic acids is 1. The second kappa shape index (κ2) is 30.9. The van der Waals surface area contributed by atoms with E-state index >= 15 is 0 Å². The van der Waals surface area contributed by atoms with Crippen LogP contribution in [-0.4, -0.2) is 61.3 Å². The lowest BCUT2D eigenvalue weighted by Crippen LogP contribution is -3.00. The zero-order chi connectivity index (χ0) is 58.7. The Morgan fingerprint density at radius 2 is 0.747 bits per heavy atom. The fourth-order valence-corrected chi connectivity index (χ4v) is 8.91. The van der Waals surface area contributed by atoms with E-state index in [-0.39, 0.29) is 24.0 Å². The summed E-state index contributed by atoms with van der Waals surface area (Å²) in [5.74, 6) is -1.08. The first-order valence-electron chi connectivity index (χ1n) is 26.3. The van der Waals surface area contributed by atoms with Crippen LogP contribution in [0, 0.1) is 0 Å². The minimum absolute atomic E-state index is 0. The Hall–Kier alpha value is -8.74. The SMILES string of the molecule is CC(=O)[O-].CN(C)c1ccc2cc(-c3cc[n+](C)cc3)ccc2c1.CN(C)c1ccc2cc(-c3cc[n+](C)cc3)ccc2c1.Nc1ccc2cc(-c3ccncc3)ccc2c1.Nc1ccc2cc(Br)ccc2c1.OB(O)c1ccncc1.[I-]. The summed E-state index contributed by atoms with van der Waals surface area (Å²) in [6, 6.07) is 66.6. The molecule has 15 heteroatoms. The van der Waals surface area contributed by atoms with Crippen molar-refractivity contribution in [2.75, 3.05) is 49.5 Å². The largest absolute Gasteiger partial charge is 1.00 e. The van der Waals surface area contributed by atoms with Crippen LogP contribution in [0.5, 0.6) is 0 Å². The van der Waals surface area contributed by atoms with Crippen LogP contribution in [0.15, 0.2) is 248 Å². The predicted molar refractivity (Wildman–Crippen MR) is 342 cm³/mol. The van der Waals surface area contributed by atoms with Gasteiger partial charge in [-0.05, 0) is 192 Å². The van der Waals surface area contributed by atoms with E-state index in [2.05, 4.69) is 222 Å². The van der Waals surface area contributed by atoms with Crippen molar-refractivity contribution in [1.82, 2.24) is 9.97 Å². The second-order valence-electron chi connectivity index (χ2n) is 19.7. The van der Waals surface area contributed by atoms with E-state index in [1.54, 1.807) is 12.1 Å². The average molecular weight is 1280 g/mol. The van der Waals surface area contributed by atoms with Gasteiger partial charge in [0.15, 0.2) is 24.8 Å². The summed E-state index contributed by atoms with van der Waals surface area (Å²) < 4.78 is 5.20. The lowest BCUT2D eigenvalue weighted by molar-refractivity contribution is -0.671. The fraction of sp³-hybridized carbons (Fsp3) is 0.103. The van der Waals surface area contributed by atoms with E-state index in [0.29, 0.717) is 5.46 Å². The number of anilines is 4. The first-order chi connectivity index (χ1) is 39.4. The van der Waals surface area contributed by atoms with Gasteiger partial charge in [0.05, 0.1) is 0 Å². The molecule has 4 aromatic heterocycles. The monoisotopic (exact) mass is 1280 g/mol. The molecular formula is C68H67BBrIN8O4. The Morgan fingerprint density at radius 3 is 1.11 bits per heavy atom. The quantitative estimate of drug-likeness (QED) is 0.0554. The molecule has 0 spiro atoms. The van der Waals surface area contributed by atoms with Crippen molar-refractivity contribution < 1.29 is 53.1 Å². The molecule has 0 bridgehead atoms.